The largest absolute Gasteiger partial charge is 0.310 e. The molecule has 0 aliphatic rings. The monoisotopic (exact) mass is 284 g/mol. The molecule has 1 aromatic carbocycles. The van der Waals surface area contributed by atoms with Crippen molar-refractivity contribution in [3.8, 4) is 0 Å². The molecule has 4 nitrogen and oxygen atoms in total. The zero-order valence-electron chi connectivity index (χ0n) is 12.1. The summed E-state index contributed by atoms with van der Waals surface area (Å²) in [6, 6.07) is 7.23. The Morgan fingerprint density at radius 1 is 1.11 bits per heavy atom. The molecule has 5 heteroatoms. The lowest BCUT2D eigenvalue weighted by Gasteiger charge is -2.15. The van der Waals surface area contributed by atoms with Crippen LogP contribution in [0.4, 0.5) is 0 Å². The van der Waals surface area contributed by atoms with E-state index >= 15 is 0 Å². The van der Waals surface area contributed by atoms with E-state index in [2.05, 4.69) is 30.8 Å². The average Bonchev–Trinajstić information content (AvgIpc) is 2.38. The highest BCUT2D eigenvalue weighted by atomic mass is 32.2. The summed E-state index contributed by atoms with van der Waals surface area (Å²) in [7, 11) is -1.92. The van der Waals surface area contributed by atoms with Crippen LogP contribution in [0.1, 0.15) is 38.8 Å². The van der Waals surface area contributed by atoms with Gasteiger partial charge in [0.1, 0.15) is 0 Å². The van der Waals surface area contributed by atoms with Crippen molar-refractivity contribution in [1.29, 1.82) is 0 Å². The molecular formula is C14H24N2O2S. The Hall–Kier alpha value is -0.910. The van der Waals surface area contributed by atoms with Gasteiger partial charge in [0.05, 0.1) is 4.90 Å². The Labute approximate surface area is 116 Å². The molecule has 19 heavy (non-hydrogen) atoms. The van der Waals surface area contributed by atoms with Crippen LogP contribution in [0.3, 0.4) is 0 Å². The van der Waals surface area contributed by atoms with Crippen LogP contribution in [0.15, 0.2) is 29.2 Å². The molecule has 108 valence electrons. The van der Waals surface area contributed by atoms with Gasteiger partial charge in [-0.05, 0) is 50.6 Å². The number of nitrogens with one attached hydrogen (secondary N) is 2. The Morgan fingerprint density at radius 2 is 1.68 bits per heavy atom. The van der Waals surface area contributed by atoms with Crippen LogP contribution in [-0.2, 0) is 10.0 Å². The highest BCUT2D eigenvalue weighted by molar-refractivity contribution is 7.89. The number of hydrogen-bond donors (Lipinski definition) is 2. The molecule has 2 N–H and O–H groups in total. The number of rotatable bonds is 7. The average molecular weight is 284 g/mol. The standard InChI is InChI=1S/C14H24N2O2S/c1-11(2)9-10-16-12(3)13-5-7-14(8-6-13)19(17,18)15-4/h5-8,11-12,15-16H,9-10H2,1-4H3. The first-order chi connectivity index (χ1) is 8.86. The van der Waals surface area contributed by atoms with Gasteiger partial charge in [-0.3, -0.25) is 0 Å². The van der Waals surface area contributed by atoms with Crippen molar-refractivity contribution in [2.75, 3.05) is 13.6 Å². The molecule has 0 aromatic heterocycles. The van der Waals surface area contributed by atoms with Gasteiger partial charge in [-0.1, -0.05) is 26.0 Å². The molecule has 1 unspecified atom stereocenters. The van der Waals surface area contributed by atoms with Crippen molar-refractivity contribution < 1.29 is 8.42 Å². The van der Waals surface area contributed by atoms with E-state index in [0.29, 0.717) is 10.8 Å². The Bertz CT molecular complexity index is 481. The SMILES string of the molecule is CNS(=O)(=O)c1ccc(C(C)NCCC(C)C)cc1. The number of hydrogen-bond acceptors (Lipinski definition) is 3. The van der Waals surface area contributed by atoms with Crippen LogP contribution in [0.2, 0.25) is 0 Å². The van der Waals surface area contributed by atoms with E-state index in [1.807, 2.05) is 12.1 Å². The zero-order valence-corrected chi connectivity index (χ0v) is 12.9. The normalized spacial score (nSPS) is 13.7. The van der Waals surface area contributed by atoms with Gasteiger partial charge in [-0.25, -0.2) is 13.1 Å². The summed E-state index contributed by atoms with van der Waals surface area (Å²) in [4.78, 5) is 0.299. The lowest BCUT2D eigenvalue weighted by Crippen LogP contribution is -2.21. The quantitative estimate of drug-likeness (QED) is 0.807. The van der Waals surface area contributed by atoms with Crippen LogP contribution in [0.25, 0.3) is 0 Å². The van der Waals surface area contributed by atoms with Crippen LogP contribution < -0.4 is 10.0 Å². The van der Waals surface area contributed by atoms with E-state index in [-0.39, 0.29) is 6.04 Å². The molecule has 0 aliphatic heterocycles. The molecule has 1 atom stereocenters. The summed E-state index contributed by atoms with van der Waals surface area (Å²) in [5.74, 6) is 0.683. The van der Waals surface area contributed by atoms with Gasteiger partial charge >= 0.3 is 0 Å². The highest BCUT2D eigenvalue weighted by Gasteiger charge is 2.12. The lowest BCUT2D eigenvalue weighted by molar-refractivity contribution is 0.497. The fourth-order valence-corrected chi connectivity index (χ4v) is 2.49. The third-order valence-corrected chi connectivity index (χ3v) is 4.56. The van der Waals surface area contributed by atoms with Gasteiger partial charge in [-0.15, -0.1) is 0 Å². The Balaban J connectivity index is 2.66. The first kappa shape index (κ1) is 16.1. The second-order valence-electron chi connectivity index (χ2n) is 5.13. The van der Waals surface area contributed by atoms with Crippen LogP contribution >= 0.6 is 0 Å². The minimum atomic E-state index is -3.34. The summed E-state index contributed by atoms with van der Waals surface area (Å²) >= 11 is 0. The maximum atomic E-state index is 11.6. The van der Waals surface area contributed by atoms with Crippen molar-refractivity contribution in [3.05, 3.63) is 29.8 Å². The number of benzene rings is 1. The lowest BCUT2D eigenvalue weighted by atomic mass is 10.1. The molecule has 0 aliphatic carbocycles. The van der Waals surface area contributed by atoms with Crippen LogP contribution in [0, 0.1) is 5.92 Å². The zero-order chi connectivity index (χ0) is 14.5. The molecule has 1 aromatic rings. The van der Waals surface area contributed by atoms with Gasteiger partial charge in [0.2, 0.25) is 10.0 Å². The van der Waals surface area contributed by atoms with E-state index in [1.54, 1.807) is 12.1 Å². The minimum absolute atomic E-state index is 0.227. The van der Waals surface area contributed by atoms with Gasteiger partial charge in [0.15, 0.2) is 0 Å². The Kier molecular flexibility index (Phi) is 5.97. The summed E-state index contributed by atoms with van der Waals surface area (Å²) in [6.45, 7) is 7.45. The molecular weight excluding hydrogens is 260 g/mol. The van der Waals surface area contributed by atoms with Crippen LogP contribution in [-0.4, -0.2) is 22.0 Å². The minimum Gasteiger partial charge on any atom is -0.310 e. The topological polar surface area (TPSA) is 58.2 Å². The third kappa shape index (κ3) is 4.93. The second kappa shape index (κ2) is 7.03. The van der Waals surface area contributed by atoms with Crippen molar-refractivity contribution in [1.82, 2.24) is 10.0 Å². The summed E-state index contributed by atoms with van der Waals surface area (Å²) in [5, 5.41) is 3.44. The molecule has 1 rings (SSSR count). The fraction of sp³-hybridized carbons (Fsp3) is 0.571. The molecule has 0 radical (unpaired) electrons. The highest BCUT2D eigenvalue weighted by Crippen LogP contribution is 2.16. The molecule has 0 amide bonds. The summed E-state index contributed by atoms with van der Waals surface area (Å²) in [6.07, 6.45) is 1.14. The maximum absolute atomic E-state index is 11.6. The molecule has 0 saturated carbocycles. The maximum Gasteiger partial charge on any atom is 0.240 e. The Morgan fingerprint density at radius 3 is 2.16 bits per heavy atom. The molecule has 0 spiro atoms. The predicted octanol–water partition coefficient (Wildman–Crippen LogP) is 2.29. The molecule has 0 heterocycles. The first-order valence-corrected chi connectivity index (χ1v) is 8.12. The van der Waals surface area contributed by atoms with Crippen molar-refractivity contribution in [2.45, 2.75) is 38.1 Å². The van der Waals surface area contributed by atoms with E-state index in [9.17, 15) is 8.42 Å². The van der Waals surface area contributed by atoms with Crippen LogP contribution in [0.5, 0.6) is 0 Å². The predicted molar refractivity (Wildman–Crippen MR) is 78.6 cm³/mol. The molecule has 0 saturated heterocycles. The second-order valence-corrected chi connectivity index (χ2v) is 7.02. The van der Waals surface area contributed by atoms with E-state index in [1.165, 1.54) is 7.05 Å². The van der Waals surface area contributed by atoms with Crippen molar-refractivity contribution in [2.24, 2.45) is 5.92 Å². The summed E-state index contributed by atoms with van der Waals surface area (Å²) in [5.41, 5.74) is 1.10. The van der Waals surface area contributed by atoms with E-state index in [4.69, 9.17) is 0 Å². The van der Waals surface area contributed by atoms with Crippen molar-refractivity contribution in [3.63, 3.8) is 0 Å². The first-order valence-electron chi connectivity index (χ1n) is 6.63. The van der Waals surface area contributed by atoms with Gasteiger partial charge in [0.25, 0.3) is 0 Å². The third-order valence-electron chi connectivity index (χ3n) is 3.13. The van der Waals surface area contributed by atoms with E-state index in [0.717, 1.165) is 18.5 Å². The molecule has 0 bridgehead atoms. The fourth-order valence-electron chi connectivity index (χ4n) is 1.76. The van der Waals surface area contributed by atoms with Crippen molar-refractivity contribution >= 4 is 10.0 Å². The van der Waals surface area contributed by atoms with Gasteiger partial charge in [0, 0.05) is 6.04 Å². The molecule has 0 fully saturated rings. The summed E-state index contributed by atoms with van der Waals surface area (Å²) < 4.78 is 25.5. The van der Waals surface area contributed by atoms with Gasteiger partial charge < -0.3 is 5.32 Å². The van der Waals surface area contributed by atoms with E-state index < -0.39 is 10.0 Å². The smallest absolute Gasteiger partial charge is 0.240 e. The number of sulfonamides is 1. The van der Waals surface area contributed by atoms with Gasteiger partial charge in [-0.2, -0.15) is 0 Å².